The molecule has 0 radical (unpaired) electrons. The second-order valence-electron chi connectivity index (χ2n) is 4.88. The van der Waals surface area contributed by atoms with Crippen molar-refractivity contribution in [2.45, 2.75) is 19.4 Å². The lowest BCUT2D eigenvalue weighted by Gasteiger charge is -2.41. The Morgan fingerprint density at radius 1 is 1.32 bits per heavy atom. The average Bonchev–Trinajstić information content (AvgIpc) is 2.33. The quantitative estimate of drug-likeness (QED) is 0.636. The normalized spacial score (nSPS) is 18.2. The molecule has 1 heterocycles. The summed E-state index contributed by atoms with van der Waals surface area (Å²) >= 11 is 0. The molecule has 1 fully saturated rings. The predicted molar refractivity (Wildman–Crippen MR) is 66.4 cm³/mol. The van der Waals surface area contributed by atoms with Crippen LogP contribution in [0.3, 0.4) is 0 Å². The molecule has 1 N–H and O–H groups in total. The number of rotatable bonds is 2. The maximum Gasteiger partial charge on any atom is 0.251 e. The molecule has 1 aliphatic heterocycles. The van der Waals surface area contributed by atoms with Crippen molar-refractivity contribution in [1.82, 2.24) is 5.32 Å². The smallest absolute Gasteiger partial charge is 0.251 e. The van der Waals surface area contributed by atoms with E-state index in [0.29, 0.717) is 12.0 Å². The summed E-state index contributed by atoms with van der Waals surface area (Å²) in [4.78, 5) is 35.5. The molecule has 0 aromatic heterocycles. The molecule has 0 bridgehead atoms. The molecule has 0 spiro atoms. The largest absolute Gasteiger partial charge is 0.348 e. The first-order chi connectivity index (χ1) is 8.84. The van der Waals surface area contributed by atoms with Crippen molar-refractivity contribution in [1.29, 1.82) is 0 Å². The summed E-state index contributed by atoms with van der Waals surface area (Å²) < 4.78 is 13.4. The number of nitrogens with one attached hydrogen (secondary N) is 1. The Kier molecular flexibility index (Phi) is 3.09. The summed E-state index contributed by atoms with van der Waals surface area (Å²) in [5.74, 6) is -1.50. The Bertz CT molecular complexity index is 569. The van der Waals surface area contributed by atoms with Crippen molar-refractivity contribution < 1.29 is 18.8 Å². The van der Waals surface area contributed by atoms with Gasteiger partial charge in [0.2, 0.25) is 5.91 Å². The number of amides is 2. The number of benzene rings is 1. The SMILES string of the molecule is CC1(C)C(=O)NC(=O)CN1c1cc(F)cc(C=O)c1. The highest BCUT2D eigenvalue weighted by Gasteiger charge is 2.41. The zero-order valence-electron chi connectivity index (χ0n) is 10.6. The minimum atomic E-state index is -0.998. The van der Waals surface area contributed by atoms with Crippen LogP contribution in [0.25, 0.3) is 0 Å². The molecule has 19 heavy (non-hydrogen) atoms. The van der Waals surface area contributed by atoms with E-state index >= 15 is 0 Å². The molecular formula is C13H13FN2O3. The number of carbonyl (C=O) groups excluding carboxylic acids is 3. The molecule has 0 aliphatic carbocycles. The minimum Gasteiger partial charge on any atom is -0.348 e. The molecule has 1 aromatic rings. The van der Waals surface area contributed by atoms with Gasteiger partial charge in [-0.25, -0.2) is 4.39 Å². The number of anilines is 1. The number of hydrogen-bond acceptors (Lipinski definition) is 4. The van der Waals surface area contributed by atoms with Crippen molar-refractivity contribution in [3.63, 3.8) is 0 Å². The number of piperazine rings is 1. The number of hydrogen-bond donors (Lipinski definition) is 1. The van der Waals surface area contributed by atoms with Gasteiger partial charge >= 0.3 is 0 Å². The van der Waals surface area contributed by atoms with Gasteiger partial charge in [0.25, 0.3) is 5.91 Å². The fraction of sp³-hybridized carbons (Fsp3) is 0.308. The van der Waals surface area contributed by atoms with Crippen LogP contribution in [0.1, 0.15) is 24.2 Å². The molecule has 2 amide bonds. The lowest BCUT2D eigenvalue weighted by molar-refractivity contribution is -0.135. The number of imide groups is 1. The van der Waals surface area contributed by atoms with Gasteiger partial charge in [-0.05, 0) is 32.0 Å². The van der Waals surface area contributed by atoms with Gasteiger partial charge in [-0.1, -0.05) is 0 Å². The topological polar surface area (TPSA) is 66.5 Å². The van der Waals surface area contributed by atoms with Crippen LogP contribution in [0.2, 0.25) is 0 Å². The van der Waals surface area contributed by atoms with Crippen molar-refractivity contribution in [3.05, 3.63) is 29.6 Å². The van der Waals surface area contributed by atoms with E-state index in [4.69, 9.17) is 0 Å². The van der Waals surface area contributed by atoms with Crippen LogP contribution in [-0.2, 0) is 9.59 Å². The predicted octanol–water partition coefficient (Wildman–Crippen LogP) is 0.880. The van der Waals surface area contributed by atoms with Crippen LogP contribution >= 0.6 is 0 Å². The molecule has 0 atom stereocenters. The van der Waals surface area contributed by atoms with E-state index < -0.39 is 23.2 Å². The van der Waals surface area contributed by atoms with Gasteiger partial charge in [0, 0.05) is 11.3 Å². The van der Waals surface area contributed by atoms with Crippen LogP contribution in [0.5, 0.6) is 0 Å². The average molecular weight is 264 g/mol. The molecular weight excluding hydrogens is 251 g/mol. The Hall–Kier alpha value is -2.24. The standard InChI is InChI=1S/C13H13FN2O3/c1-13(2)12(19)15-11(18)6-16(13)10-4-8(7-17)3-9(14)5-10/h3-5,7H,6H2,1-2H3,(H,15,18,19). The Morgan fingerprint density at radius 3 is 2.63 bits per heavy atom. The van der Waals surface area contributed by atoms with Crippen molar-refractivity contribution in [3.8, 4) is 0 Å². The fourth-order valence-electron chi connectivity index (χ4n) is 2.02. The molecule has 1 saturated heterocycles. The third-order valence-corrected chi connectivity index (χ3v) is 3.14. The Balaban J connectivity index is 2.49. The van der Waals surface area contributed by atoms with E-state index in [9.17, 15) is 18.8 Å². The first-order valence-electron chi connectivity index (χ1n) is 5.72. The van der Waals surface area contributed by atoms with Gasteiger partial charge in [-0.3, -0.25) is 19.7 Å². The minimum absolute atomic E-state index is 0.0690. The number of aldehydes is 1. The van der Waals surface area contributed by atoms with E-state index in [1.54, 1.807) is 13.8 Å². The summed E-state index contributed by atoms with van der Waals surface area (Å²) in [6, 6.07) is 3.74. The first-order valence-corrected chi connectivity index (χ1v) is 5.72. The third-order valence-electron chi connectivity index (χ3n) is 3.14. The Morgan fingerprint density at radius 2 is 2.00 bits per heavy atom. The number of halogens is 1. The molecule has 1 aromatic carbocycles. The monoisotopic (exact) mass is 264 g/mol. The van der Waals surface area contributed by atoms with Crippen molar-refractivity contribution in [2.24, 2.45) is 0 Å². The van der Waals surface area contributed by atoms with Crippen LogP contribution in [0.4, 0.5) is 10.1 Å². The second kappa shape index (κ2) is 4.46. The van der Waals surface area contributed by atoms with Crippen LogP contribution in [0, 0.1) is 5.82 Å². The summed E-state index contributed by atoms with van der Waals surface area (Å²) in [5, 5.41) is 2.23. The van der Waals surface area contributed by atoms with E-state index in [1.807, 2.05) is 0 Å². The second-order valence-corrected chi connectivity index (χ2v) is 4.88. The molecule has 1 aliphatic rings. The number of nitrogens with zero attached hydrogens (tertiary/aromatic N) is 1. The molecule has 100 valence electrons. The maximum atomic E-state index is 13.4. The van der Waals surface area contributed by atoms with Crippen LogP contribution in [0.15, 0.2) is 18.2 Å². The molecule has 0 unspecified atom stereocenters. The highest BCUT2D eigenvalue weighted by Crippen LogP contribution is 2.27. The molecule has 2 rings (SSSR count). The van der Waals surface area contributed by atoms with E-state index in [2.05, 4.69) is 5.32 Å². The summed E-state index contributed by atoms with van der Waals surface area (Å²) in [6.07, 6.45) is 0.519. The molecule has 6 heteroatoms. The van der Waals surface area contributed by atoms with E-state index in [1.165, 1.54) is 17.0 Å². The van der Waals surface area contributed by atoms with Crippen molar-refractivity contribution >= 4 is 23.8 Å². The number of carbonyl (C=O) groups is 3. The van der Waals surface area contributed by atoms with Gasteiger partial charge in [0.15, 0.2) is 0 Å². The lowest BCUT2D eigenvalue weighted by atomic mass is 9.97. The van der Waals surface area contributed by atoms with Gasteiger partial charge in [0.05, 0.1) is 6.54 Å². The highest BCUT2D eigenvalue weighted by molar-refractivity contribution is 6.06. The zero-order valence-corrected chi connectivity index (χ0v) is 10.6. The van der Waals surface area contributed by atoms with Gasteiger partial charge in [-0.15, -0.1) is 0 Å². The van der Waals surface area contributed by atoms with E-state index in [0.717, 1.165) is 6.07 Å². The first kappa shape index (κ1) is 13.2. The Labute approximate surface area is 109 Å². The third kappa shape index (κ3) is 2.33. The summed E-state index contributed by atoms with van der Waals surface area (Å²) in [7, 11) is 0. The van der Waals surface area contributed by atoms with Gasteiger partial charge < -0.3 is 4.90 Å². The van der Waals surface area contributed by atoms with Gasteiger partial charge in [-0.2, -0.15) is 0 Å². The van der Waals surface area contributed by atoms with E-state index in [-0.39, 0.29) is 12.1 Å². The van der Waals surface area contributed by atoms with Gasteiger partial charge in [0.1, 0.15) is 17.6 Å². The van der Waals surface area contributed by atoms with Crippen molar-refractivity contribution in [2.75, 3.05) is 11.4 Å². The van der Waals surface area contributed by atoms with Crippen LogP contribution in [-0.4, -0.2) is 30.2 Å². The molecule has 5 nitrogen and oxygen atoms in total. The zero-order chi connectivity index (χ0) is 14.2. The fourth-order valence-corrected chi connectivity index (χ4v) is 2.02. The lowest BCUT2D eigenvalue weighted by Crippen LogP contribution is -2.64. The highest BCUT2D eigenvalue weighted by atomic mass is 19.1. The maximum absolute atomic E-state index is 13.4. The summed E-state index contributed by atoms with van der Waals surface area (Å²) in [5.41, 5.74) is -0.512. The molecule has 0 saturated carbocycles. The summed E-state index contributed by atoms with van der Waals surface area (Å²) in [6.45, 7) is 3.18. The van der Waals surface area contributed by atoms with Crippen LogP contribution < -0.4 is 10.2 Å².